The van der Waals surface area contributed by atoms with E-state index in [0.29, 0.717) is 0 Å². The molecule has 0 spiro atoms. The van der Waals surface area contributed by atoms with Gasteiger partial charge in [0, 0.05) is 5.56 Å². The number of alkyl halides is 3. The van der Waals surface area contributed by atoms with Gasteiger partial charge in [0.05, 0.1) is 6.42 Å². The van der Waals surface area contributed by atoms with E-state index in [9.17, 15) is 22.8 Å². The number of hydrogen-bond acceptors (Lipinski definition) is 2. The molecule has 0 N–H and O–H groups in total. The molecule has 1 aromatic rings. The summed E-state index contributed by atoms with van der Waals surface area (Å²) in [6.07, 6.45) is -6.07. The van der Waals surface area contributed by atoms with Gasteiger partial charge in [-0.2, -0.15) is 13.2 Å². The van der Waals surface area contributed by atoms with Crippen molar-refractivity contribution in [2.45, 2.75) is 12.6 Å². The van der Waals surface area contributed by atoms with Crippen molar-refractivity contribution < 1.29 is 22.8 Å². The van der Waals surface area contributed by atoms with Crippen LogP contribution in [-0.2, 0) is 4.79 Å². The van der Waals surface area contributed by atoms with Crippen LogP contribution in [0.4, 0.5) is 13.2 Å². The molecule has 0 fully saturated rings. The Kier molecular flexibility index (Phi) is 3.24. The highest BCUT2D eigenvalue weighted by Crippen LogP contribution is 2.19. The molecule has 2 nitrogen and oxygen atoms in total. The zero-order chi connectivity index (χ0) is 11.5. The molecule has 1 aromatic carbocycles. The highest BCUT2D eigenvalue weighted by Gasteiger charge is 2.39. The molecule has 0 unspecified atom stereocenters. The van der Waals surface area contributed by atoms with E-state index in [1.165, 1.54) is 24.3 Å². The Balaban J connectivity index is 2.70. The van der Waals surface area contributed by atoms with Gasteiger partial charge in [-0.25, -0.2) is 0 Å². The van der Waals surface area contributed by atoms with Crippen molar-refractivity contribution in [2.75, 3.05) is 0 Å². The molecule has 0 heterocycles. The monoisotopic (exact) mass is 217 g/mol. The standard InChI is InChI=1S/C10H7F3O2/c11-10(12,13)9(15)6-8(14)7-4-2-1-3-5-7/h1-5H,6H2/i8+1. The fourth-order valence-electron chi connectivity index (χ4n) is 0.972. The van der Waals surface area contributed by atoms with Crippen molar-refractivity contribution in [1.82, 2.24) is 0 Å². The van der Waals surface area contributed by atoms with Crippen LogP contribution in [-0.4, -0.2) is 17.7 Å². The van der Waals surface area contributed by atoms with E-state index in [2.05, 4.69) is 0 Å². The average molecular weight is 217 g/mol. The molecular formula is C10H7F3O2. The van der Waals surface area contributed by atoms with Crippen LogP contribution in [0.3, 0.4) is 0 Å². The maximum atomic E-state index is 11.8. The lowest BCUT2D eigenvalue weighted by molar-refractivity contribution is -0.170. The molecule has 15 heavy (non-hydrogen) atoms. The van der Waals surface area contributed by atoms with E-state index in [-0.39, 0.29) is 5.56 Å². The summed E-state index contributed by atoms with van der Waals surface area (Å²) in [5.74, 6) is -2.84. The van der Waals surface area contributed by atoms with Gasteiger partial charge in [0.15, 0.2) is 5.78 Å². The van der Waals surface area contributed by atoms with Crippen molar-refractivity contribution in [3.63, 3.8) is 0 Å². The van der Waals surface area contributed by atoms with E-state index < -0.39 is 24.2 Å². The summed E-state index contributed by atoms with van der Waals surface area (Å²) in [5.41, 5.74) is 0.107. The highest BCUT2D eigenvalue weighted by molar-refractivity contribution is 6.09. The Hall–Kier alpha value is -1.65. The lowest BCUT2D eigenvalue weighted by atomic mass is 10.2. The first-order valence-corrected chi connectivity index (χ1v) is 4.09. The molecule has 0 saturated heterocycles. The van der Waals surface area contributed by atoms with Gasteiger partial charge in [0.2, 0.25) is 5.78 Å². The normalized spacial score (nSPS) is 11.1. The van der Waals surface area contributed by atoms with Crippen molar-refractivity contribution in [2.24, 2.45) is 0 Å². The summed E-state index contributed by atoms with van der Waals surface area (Å²) in [7, 11) is 0. The first-order chi connectivity index (χ1) is 6.91. The number of rotatable bonds is 3. The summed E-state index contributed by atoms with van der Waals surface area (Å²) >= 11 is 0. The Morgan fingerprint density at radius 2 is 1.60 bits per heavy atom. The molecule has 1 rings (SSSR count). The summed E-state index contributed by atoms with van der Waals surface area (Å²) in [5, 5.41) is 0. The molecule has 0 aromatic heterocycles. The second kappa shape index (κ2) is 4.25. The van der Waals surface area contributed by atoms with Gasteiger partial charge in [-0.15, -0.1) is 0 Å². The van der Waals surface area contributed by atoms with Crippen LogP contribution in [0.15, 0.2) is 30.3 Å². The maximum Gasteiger partial charge on any atom is 0.450 e. The third kappa shape index (κ3) is 3.19. The van der Waals surface area contributed by atoms with Gasteiger partial charge in [0.25, 0.3) is 0 Å². The van der Waals surface area contributed by atoms with Gasteiger partial charge >= 0.3 is 6.18 Å². The van der Waals surface area contributed by atoms with Crippen LogP contribution in [0.1, 0.15) is 16.8 Å². The SMILES string of the molecule is O=C(C[13C](=O)c1ccccc1)C(F)(F)F. The minimum absolute atomic E-state index is 0.107. The number of benzene rings is 1. The van der Waals surface area contributed by atoms with Crippen molar-refractivity contribution in [3.05, 3.63) is 35.9 Å². The second-order valence-corrected chi connectivity index (χ2v) is 2.89. The van der Waals surface area contributed by atoms with Crippen molar-refractivity contribution in [1.29, 1.82) is 0 Å². The van der Waals surface area contributed by atoms with E-state index in [4.69, 9.17) is 0 Å². The third-order valence-electron chi connectivity index (χ3n) is 1.73. The average Bonchev–Trinajstić information content (AvgIpc) is 2.17. The number of carbonyl (C=O) groups excluding carboxylic acids is 2. The smallest absolute Gasteiger partial charge is 0.294 e. The first-order valence-electron chi connectivity index (χ1n) is 4.09. The van der Waals surface area contributed by atoms with Gasteiger partial charge in [-0.3, -0.25) is 9.59 Å². The molecule has 0 saturated carbocycles. The fourth-order valence-corrected chi connectivity index (χ4v) is 0.972. The van der Waals surface area contributed by atoms with E-state index in [1.807, 2.05) is 0 Å². The van der Waals surface area contributed by atoms with Gasteiger partial charge in [-0.1, -0.05) is 30.3 Å². The molecule has 5 heteroatoms. The number of halogens is 3. The zero-order valence-electron chi connectivity index (χ0n) is 7.54. The zero-order valence-corrected chi connectivity index (χ0v) is 7.54. The molecule has 0 aliphatic carbocycles. The van der Waals surface area contributed by atoms with E-state index >= 15 is 0 Å². The Morgan fingerprint density at radius 3 is 2.07 bits per heavy atom. The molecule has 80 valence electrons. The van der Waals surface area contributed by atoms with Crippen LogP contribution < -0.4 is 0 Å². The van der Waals surface area contributed by atoms with E-state index in [1.54, 1.807) is 6.07 Å². The molecule has 0 radical (unpaired) electrons. The van der Waals surface area contributed by atoms with Gasteiger partial charge < -0.3 is 0 Å². The summed E-state index contributed by atoms with van der Waals surface area (Å²) in [4.78, 5) is 21.7. The summed E-state index contributed by atoms with van der Waals surface area (Å²) < 4.78 is 35.5. The number of hydrogen-bond donors (Lipinski definition) is 0. The largest absolute Gasteiger partial charge is 0.450 e. The van der Waals surface area contributed by atoms with Crippen LogP contribution in [0.25, 0.3) is 0 Å². The molecular weight excluding hydrogens is 210 g/mol. The van der Waals surface area contributed by atoms with E-state index in [0.717, 1.165) is 0 Å². The molecule has 0 amide bonds. The van der Waals surface area contributed by atoms with Gasteiger partial charge in [0.1, 0.15) is 0 Å². The van der Waals surface area contributed by atoms with Gasteiger partial charge in [-0.05, 0) is 0 Å². The van der Waals surface area contributed by atoms with Crippen molar-refractivity contribution >= 4 is 11.6 Å². The molecule has 0 bridgehead atoms. The number of ketones is 2. The van der Waals surface area contributed by atoms with Crippen LogP contribution in [0, 0.1) is 0 Å². The topological polar surface area (TPSA) is 34.1 Å². The summed E-state index contributed by atoms with van der Waals surface area (Å²) in [6.45, 7) is 0. The minimum atomic E-state index is -4.94. The second-order valence-electron chi connectivity index (χ2n) is 2.89. The van der Waals surface area contributed by atoms with Crippen LogP contribution in [0.5, 0.6) is 0 Å². The predicted molar refractivity (Wildman–Crippen MR) is 46.5 cm³/mol. The predicted octanol–water partition coefficient (Wildman–Crippen LogP) is 2.39. The fraction of sp³-hybridized carbons (Fsp3) is 0.200. The van der Waals surface area contributed by atoms with Crippen LogP contribution >= 0.6 is 0 Å². The lowest BCUT2D eigenvalue weighted by Crippen LogP contribution is -2.25. The lowest BCUT2D eigenvalue weighted by Gasteiger charge is -2.03. The quantitative estimate of drug-likeness (QED) is 0.442. The molecule has 0 aliphatic heterocycles. The summed E-state index contributed by atoms with van der Waals surface area (Å²) in [6, 6.07) is 7.40. The van der Waals surface area contributed by atoms with Crippen LogP contribution in [0.2, 0.25) is 0 Å². The number of Topliss-reactive ketones (excluding diaryl/α,β-unsaturated/α-hetero) is 2. The third-order valence-corrected chi connectivity index (χ3v) is 1.73. The highest BCUT2D eigenvalue weighted by atomic mass is 19.4. The minimum Gasteiger partial charge on any atom is -0.294 e. The Bertz CT molecular complexity index is 368. The Morgan fingerprint density at radius 1 is 1.07 bits per heavy atom. The maximum absolute atomic E-state index is 11.8. The Labute approximate surface area is 83.7 Å². The van der Waals surface area contributed by atoms with Crippen molar-refractivity contribution in [3.8, 4) is 0 Å². The number of carbonyl (C=O) groups is 2. The molecule has 0 atom stereocenters. The molecule has 0 aliphatic rings. The first kappa shape index (κ1) is 11.4.